The molecule has 0 radical (unpaired) electrons. The topological polar surface area (TPSA) is 73.7 Å². The fraction of sp³-hybridized carbons (Fsp3) is 0.263. The fourth-order valence-electron chi connectivity index (χ4n) is 3.74. The van der Waals surface area contributed by atoms with Crippen molar-refractivity contribution < 1.29 is 0 Å². The van der Waals surface area contributed by atoms with E-state index in [-0.39, 0.29) is 17.7 Å². The molecule has 5 rings (SSSR count). The highest BCUT2D eigenvalue weighted by Crippen LogP contribution is 2.22. The number of hydrogen-bond donors (Lipinski definition) is 0. The van der Waals surface area contributed by atoms with Gasteiger partial charge in [-0.25, -0.2) is 9.50 Å². The minimum atomic E-state index is -0.151. The molecule has 7 heteroatoms. The molecule has 1 aliphatic rings. The third-order valence-corrected chi connectivity index (χ3v) is 4.99. The van der Waals surface area contributed by atoms with Crippen molar-refractivity contribution >= 4 is 11.2 Å². The highest BCUT2D eigenvalue weighted by molar-refractivity contribution is 5.56. The SMILES string of the molecule is O=c1c2c3c(nn2ccn1Cc1cc(=O)n2ccccc2n1)CCCC3. The van der Waals surface area contributed by atoms with E-state index in [0.717, 1.165) is 36.9 Å². The molecule has 0 aromatic carbocycles. The van der Waals surface area contributed by atoms with Crippen LogP contribution in [-0.2, 0) is 19.4 Å². The van der Waals surface area contributed by atoms with Crippen LogP contribution >= 0.6 is 0 Å². The Labute approximate surface area is 148 Å². The molecule has 26 heavy (non-hydrogen) atoms. The summed E-state index contributed by atoms with van der Waals surface area (Å²) < 4.78 is 4.79. The summed E-state index contributed by atoms with van der Waals surface area (Å²) >= 11 is 0. The Morgan fingerprint density at radius 1 is 1.04 bits per heavy atom. The zero-order valence-corrected chi connectivity index (χ0v) is 14.1. The standard InChI is InChI=1S/C19H17N5O2/c25-17-11-13(20-16-7-3-4-8-23(16)17)12-22-9-10-24-18(19(22)26)14-5-1-2-6-15(14)21-24/h3-4,7-11H,1-2,5-6,12H2. The lowest BCUT2D eigenvalue weighted by atomic mass is 9.97. The second-order valence-electron chi connectivity index (χ2n) is 6.67. The number of pyridine rings is 1. The molecule has 0 bridgehead atoms. The molecule has 0 spiro atoms. The van der Waals surface area contributed by atoms with Crippen LogP contribution in [0.15, 0.2) is 52.4 Å². The van der Waals surface area contributed by atoms with Crippen LogP contribution in [0.5, 0.6) is 0 Å². The Hall–Kier alpha value is -3.22. The van der Waals surface area contributed by atoms with Gasteiger partial charge in [0.1, 0.15) is 11.2 Å². The van der Waals surface area contributed by atoms with Crippen molar-refractivity contribution in [1.82, 2.24) is 23.6 Å². The molecule has 4 heterocycles. The first-order chi connectivity index (χ1) is 12.7. The maximum absolute atomic E-state index is 13.0. The first kappa shape index (κ1) is 15.1. The van der Waals surface area contributed by atoms with Gasteiger partial charge in [-0.3, -0.25) is 14.0 Å². The summed E-state index contributed by atoms with van der Waals surface area (Å²) in [5, 5.41) is 4.55. The minimum absolute atomic E-state index is 0.0850. The zero-order valence-electron chi connectivity index (χ0n) is 14.1. The van der Waals surface area contributed by atoms with Gasteiger partial charge in [0.25, 0.3) is 11.1 Å². The molecule has 0 unspecified atom stereocenters. The molecule has 4 aromatic heterocycles. The summed E-state index contributed by atoms with van der Waals surface area (Å²) in [6, 6.07) is 6.89. The number of nitrogens with zero attached hydrogens (tertiary/aromatic N) is 5. The normalized spacial score (nSPS) is 14.0. The predicted octanol–water partition coefficient (Wildman–Crippen LogP) is 1.43. The first-order valence-electron chi connectivity index (χ1n) is 8.77. The largest absolute Gasteiger partial charge is 0.306 e. The van der Waals surface area contributed by atoms with E-state index in [1.54, 1.807) is 33.6 Å². The summed E-state index contributed by atoms with van der Waals surface area (Å²) in [5.74, 6) is 0. The van der Waals surface area contributed by atoms with Gasteiger partial charge in [0.05, 0.1) is 17.9 Å². The Morgan fingerprint density at radius 2 is 1.92 bits per heavy atom. The van der Waals surface area contributed by atoms with Crippen molar-refractivity contribution in [2.45, 2.75) is 32.2 Å². The maximum Gasteiger partial charge on any atom is 0.277 e. The summed E-state index contributed by atoms with van der Waals surface area (Å²) in [6.07, 6.45) is 9.24. The molecule has 0 fully saturated rings. The van der Waals surface area contributed by atoms with E-state index in [4.69, 9.17) is 0 Å². The van der Waals surface area contributed by atoms with E-state index in [1.807, 2.05) is 12.3 Å². The van der Waals surface area contributed by atoms with Crippen molar-refractivity contribution in [2.75, 3.05) is 0 Å². The first-order valence-corrected chi connectivity index (χ1v) is 8.77. The van der Waals surface area contributed by atoms with Gasteiger partial charge in [0, 0.05) is 30.2 Å². The van der Waals surface area contributed by atoms with Crippen LogP contribution in [0.3, 0.4) is 0 Å². The van der Waals surface area contributed by atoms with Gasteiger partial charge in [-0.2, -0.15) is 5.10 Å². The molecule has 7 nitrogen and oxygen atoms in total. The van der Waals surface area contributed by atoms with E-state index in [9.17, 15) is 9.59 Å². The third kappa shape index (κ3) is 2.28. The number of aryl methyl sites for hydroxylation is 2. The van der Waals surface area contributed by atoms with Crippen LogP contribution in [0, 0.1) is 0 Å². The van der Waals surface area contributed by atoms with Gasteiger partial charge < -0.3 is 4.57 Å². The van der Waals surface area contributed by atoms with Crippen LogP contribution in [0.4, 0.5) is 0 Å². The van der Waals surface area contributed by atoms with Crippen LogP contribution in [-0.4, -0.2) is 23.6 Å². The minimum Gasteiger partial charge on any atom is -0.306 e. The van der Waals surface area contributed by atoms with E-state index in [0.29, 0.717) is 16.9 Å². The fourth-order valence-corrected chi connectivity index (χ4v) is 3.74. The molecule has 0 saturated heterocycles. The average Bonchev–Trinajstić information content (AvgIpc) is 3.03. The molecule has 0 aliphatic heterocycles. The Bertz CT molecular complexity index is 1260. The van der Waals surface area contributed by atoms with Gasteiger partial charge >= 0.3 is 0 Å². The summed E-state index contributed by atoms with van der Waals surface area (Å²) in [4.78, 5) is 29.8. The Morgan fingerprint density at radius 3 is 2.85 bits per heavy atom. The van der Waals surface area contributed by atoms with E-state index in [2.05, 4.69) is 10.1 Å². The molecule has 0 N–H and O–H groups in total. The van der Waals surface area contributed by atoms with Crippen molar-refractivity contribution in [1.29, 1.82) is 0 Å². The molecule has 130 valence electrons. The average molecular weight is 347 g/mol. The van der Waals surface area contributed by atoms with Gasteiger partial charge in [-0.1, -0.05) is 6.07 Å². The van der Waals surface area contributed by atoms with Crippen LogP contribution in [0.2, 0.25) is 0 Å². The van der Waals surface area contributed by atoms with Crippen LogP contribution < -0.4 is 11.1 Å². The molecule has 4 aromatic rings. The third-order valence-electron chi connectivity index (χ3n) is 4.99. The highest BCUT2D eigenvalue weighted by atomic mass is 16.1. The van der Waals surface area contributed by atoms with Crippen molar-refractivity contribution in [3.63, 3.8) is 0 Å². The monoisotopic (exact) mass is 347 g/mol. The zero-order chi connectivity index (χ0) is 17.7. The molecule has 1 aliphatic carbocycles. The van der Waals surface area contributed by atoms with E-state index in [1.165, 1.54) is 10.5 Å². The molecule has 0 amide bonds. The van der Waals surface area contributed by atoms with E-state index >= 15 is 0 Å². The lowest BCUT2D eigenvalue weighted by Gasteiger charge is -2.09. The van der Waals surface area contributed by atoms with Crippen LogP contribution in [0.25, 0.3) is 11.2 Å². The quantitative estimate of drug-likeness (QED) is 0.550. The maximum atomic E-state index is 13.0. The lowest BCUT2D eigenvalue weighted by Crippen LogP contribution is -2.24. The summed E-state index contributed by atoms with van der Waals surface area (Å²) in [5.41, 5.74) is 3.67. The van der Waals surface area contributed by atoms with Gasteiger partial charge in [0.15, 0.2) is 0 Å². The van der Waals surface area contributed by atoms with Crippen LogP contribution in [0.1, 0.15) is 29.8 Å². The van der Waals surface area contributed by atoms with Gasteiger partial charge in [0.2, 0.25) is 0 Å². The Balaban J connectivity index is 1.63. The van der Waals surface area contributed by atoms with E-state index < -0.39 is 0 Å². The molecular formula is C19H17N5O2. The predicted molar refractivity (Wildman–Crippen MR) is 96.7 cm³/mol. The molecular weight excluding hydrogens is 330 g/mol. The second kappa shape index (κ2) is 5.66. The van der Waals surface area contributed by atoms with Gasteiger partial charge in [-0.15, -0.1) is 0 Å². The van der Waals surface area contributed by atoms with Crippen molar-refractivity contribution in [2.24, 2.45) is 0 Å². The van der Waals surface area contributed by atoms with Crippen molar-refractivity contribution in [3.05, 3.63) is 80.5 Å². The highest BCUT2D eigenvalue weighted by Gasteiger charge is 2.19. The second-order valence-corrected chi connectivity index (χ2v) is 6.67. The lowest BCUT2D eigenvalue weighted by molar-refractivity contribution is 0.673. The molecule has 0 atom stereocenters. The summed E-state index contributed by atoms with van der Waals surface area (Å²) in [7, 11) is 0. The summed E-state index contributed by atoms with van der Waals surface area (Å²) in [6.45, 7) is 0.260. The smallest absolute Gasteiger partial charge is 0.277 e. The number of rotatable bonds is 2. The number of hydrogen-bond acceptors (Lipinski definition) is 4. The number of fused-ring (bicyclic) bond motifs is 4. The Kier molecular flexibility index (Phi) is 3.28. The van der Waals surface area contributed by atoms with Crippen molar-refractivity contribution in [3.8, 4) is 0 Å². The molecule has 0 saturated carbocycles. The number of aromatic nitrogens is 5. The van der Waals surface area contributed by atoms with Gasteiger partial charge in [-0.05, 0) is 37.8 Å².